The van der Waals surface area contributed by atoms with Gasteiger partial charge in [0.05, 0.1) is 0 Å². The number of aryl methyl sites for hydroxylation is 1. The number of hydrogen-bond acceptors (Lipinski definition) is 4. The zero-order valence-corrected chi connectivity index (χ0v) is 14.8. The van der Waals surface area contributed by atoms with Crippen LogP contribution in [-0.4, -0.2) is 30.1 Å². The van der Waals surface area contributed by atoms with Crippen LogP contribution >= 0.6 is 0 Å². The molecule has 4 nitrogen and oxygen atoms in total. The molecule has 0 amide bonds. The summed E-state index contributed by atoms with van der Waals surface area (Å²) in [6.07, 6.45) is 2.34. The van der Waals surface area contributed by atoms with Gasteiger partial charge in [0.25, 0.3) is 0 Å². The Labute approximate surface area is 140 Å². The van der Waals surface area contributed by atoms with Crippen molar-refractivity contribution in [3.63, 3.8) is 0 Å². The first-order valence-electron chi connectivity index (χ1n) is 8.49. The Morgan fingerprint density at radius 1 is 1.04 bits per heavy atom. The maximum absolute atomic E-state index is 4.79. The molecule has 0 spiro atoms. The van der Waals surface area contributed by atoms with Crippen molar-refractivity contribution in [2.75, 3.05) is 29.9 Å². The van der Waals surface area contributed by atoms with E-state index in [0.29, 0.717) is 0 Å². The lowest BCUT2D eigenvalue weighted by atomic mass is 10.2. The highest BCUT2D eigenvalue weighted by atomic mass is 15.3. The average molecular weight is 312 g/mol. The molecule has 0 N–H and O–H groups in total. The van der Waals surface area contributed by atoms with E-state index < -0.39 is 0 Å². The molecule has 0 unspecified atom stereocenters. The number of aromatic nitrogens is 2. The second-order valence-corrected chi connectivity index (χ2v) is 5.94. The highest BCUT2D eigenvalue weighted by Gasteiger charge is 2.12. The van der Waals surface area contributed by atoms with Gasteiger partial charge in [-0.15, -0.1) is 0 Å². The zero-order chi connectivity index (χ0) is 16.7. The highest BCUT2D eigenvalue weighted by Crippen LogP contribution is 2.19. The molecule has 0 fully saturated rings. The van der Waals surface area contributed by atoms with E-state index in [1.165, 1.54) is 12.0 Å². The Hall–Kier alpha value is -2.10. The zero-order valence-electron chi connectivity index (χ0n) is 14.8. The van der Waals surface area contributed by atoms with Crippen LogP contribution in [0.4, 0.5) is 11.8 Å². The monoisotopic (exact) mass is 312 g/mol. The molecule has 0 atom stereocenters. The average Bonchev–Trinajstić information content (AvgIpc) is 2.57. The SMILES string of the molecule is CCCCN(C)c1nc(C)cc(N(CC)Cc2ccccc2)n1. The summed E-state index contributed by atoms with van der Waals surface area (Å²) in [5.74, 6) is 1.82. The predicted octanol–water partition coefficient (Wildman–Crippen LogP) is 4.05. The maximum atomic E-state index is 4.79. The Morgan fingerprint density at radius 2 is 1.78 bits per heavy atom. The molecular weight excluding hydrogens is 284 g/mol. The number of rotatable bonds is 8. The molecule has 0 saturated carbocycles. The number of anilines is 2. The second-order valence-electron chi connectivity index (χ2n) is 5.94. The summed E-state index contributed by atoms with van der Waals surface area (Å²) in [7, 11) is 2.07. The van der Waals surface area contributed by atoms with Crippen LogP contribution in [0.2, 0.25) is 0 Å². The smallest absolute Gasteiger partial charge is 0.227 e. The molecule has 0 radical (unpaired) electrons. The first-order valence-corrected chi connectivity index (χ1v) is 8.49. The molecule has 0 aliphatic heterocycles. The number of unbranched alkanes of at least 4 members (excludes halogenated alkanes) is 1. The Balaban J connectivity index is 2.20. The summed E-state index contributed by atoms with van der Waals surface area (Å²) >= 11 is 0. The number of hydrogen-bond donors (Lipinski definition) is 0. The van der Waals surface area contributed by atoms with Gasteiger partial charge in [-0.2, -0.15) is 4.98 Å². The molecule has 0 aliphatic carbocycles. The van der Waals surface area contributed by atoms with E-state index in [4.69, 9.17) is 4.98 Å². The van der Waals surface area contributed by atoms with Crippen molar-refractivity contribution in [1.29, 1.82) is 0 Å². The van der Waals surface area contributed by atoms with Crippen molar-refractivity contribution >= 4 is 11.8 Å². The van der Waals surface area contributed by atoms with Crippen LogP contribution in [0.1, 0.15) is 37.9 Å². The second kappa shape index (κ2) is 8.51. The van der Waals surface area contributed by atoms with Crippen molar-refractivity contribution < 1.29 is 0 Å². The summed E-state index contributed by atoms with van der Waals surface area (Å²) in [6.45, 7) is 9.19. The number of benzene rings is 1. The van der Waals surface area contributed by atoms with Gasteiger partial charge in [-0.05, 0) is 25.8 Å². The fourth-order valence-electron chi connectivity index (χ4n) is 2.52. The third kappa shape index (κ3) is 4.95. The third-order valence-corrected chi connectivity index (χ3v) is 3.94. The van der Waals surface area contributed by atoms with Crippen LogP contribution in [0.15, 0.2) is 36.4 Å². The fourth-order valence-corrected chi connectivity index (χ4v) is 2.52. The Kier molecular flexibility index (Phi) is 6.39. The molecule has 1 aromatic carbocycles. The summed E-state index contributed by atoms with van der Waals surface area (Å²) in [6, 6.07) is 12.6. The van der Waals surface area contributed by atoms with Gasteiger partial charge in [0, 0.05) is 38.4 Å². The summed E-state index contributed by atoms with van der Waals surface area (Å²) in [4.78, 5) is 13.8. The summed E-state index contributed by atoms with van der Waals surface area (Å²) in [5.41, 5.74) is 2.31. The van der Waals surface area contributed by atoms with E-state index in [2.05, 4.69) is 72.1 Å². The van der Waals surface area contributed by atoms with Crippen molar-refractivity contribution in [2.45, 2.75) is 40.2 Å². The van der Waals surface area contributed by atoms with Crippen LogP contribution in [0.25, 0.3) is 0 Å². The van der Waals surface area contributed by atoms with E-state index in [9.17, 15) is 0 Å². The summed E-state index contributed by atoms with van der Waals surface area (Å²) in [5, 5.41) is 0. The van der Waals surface area contributed by atoms with Crippen molar-refractivity contribution in [1.82, 2.24) is 9.97 Å². The van der Waals surface area contributed by atoms with Crippen molar-refractivity contribution in [3.05, 3.63) is 47.7 Å². The first kappa shape index (κ1) is 17.3. The minimum absolute atomic E-state index is 0.819. The van der Waals surface area contributed by atoms with E-state index >= 15 is 0 Å². The van der Waals surface area contributed by atoms with Crippen molar-refractivity contribution in [2.24, 2.45) is 0 Å². The lowest BCUT2D eigenvalue weighted by molar-refractivity contribution is 0.742. The topological polar surface area (TPSA) is 32.3 Å². The molecular formula is C19H28N4. The minimum Gasteiger partial charge on any atom is -0.352 e. The standard InChI is InChI=1S/C19H28N4/c1-5-7-13-22(4)19-20-16(3)14-18(21-19)23(6-2)15-17-11-9-8-10-12-17/h8-12,14H,5-7,13,15H2,1-4H3. The fraction of sp³-hybridized carbons (Fsp3) is 0.474. The van der Waals surface area contributed by atoms with Crippen molar-refractivity contribution in [3.8, 4) is 0 Å². The van der Waals surface area contributed by atoms with Gasteiger partial charge in [0.2, 0.25) is 5.95 Å². The lowest BCUT2D eigenvalue weighted by Crippen LogP contribution is -2.26. The molecule has 124 valence electrons. The van der Waals surface area contributed by atoms with Crippen LogP contribution in [-0.2, 0) is 6.54 Å². The van der Waals surface area contributed by atoms with E-state index in [-0.39, 0.29) is 0 Å². The highest BCUT2D eigenvalue weighted by molar-refractivity contribution is 5.46. The van der Waals surface area contributed by atoms with Gasteiger partial charge >= 0.3 is 0 Å². The quantitative estimate of drug-likeness (QED) is 0.736. The maximum Gasteiger partial charge on any atom is 0.227 e. The lowest BCUT2D eigenvalue weighted by Gasteiger charge is -2.24. The molecule has 2 aromatic rings. The largest absolute Gasteiger partial charge is 0.352 e. The van der Waals surface area contributed by atoms with E-state index in [1.54, 1.807) is 0 Å². The molecule has 2 rings (SSSR count). The first-order chi connectivity index (χ1) is 11.1. The Bertz CT molecular complexity index is 598. The molecule has 23 heavy (non-hydrogen) atoms. The molecule has 0 saturated heterocycles. The van der Waals surface area contributed by atoms with Crippen LogP contribution in [0.5, 0.6) is 0 Å². The van der Waals surface area contributed by atoms with Crippen LogP contribution in [0.3, 0.4) is 0 Å². The minimum atomic E-state index is 0.819. The molecule has 1 heterocycles. The predicted molar refractivity (Wildman–Crippen MR) is 98.1 cm³/mol. The summed E-state index contributed by atoms with van der Waals surface area (Å²) < 4.78 is 0. The Morgan fingerprint density at radius 3 is 2.43 bits per heavy atom. The molecule has 0 aliphatic rings. The normalized spacial score (nSPS) is 10.6. The third-order valence-electron chi connectivity index (χ3n) is 3.94. The number of nitrogens with zero attached hydrogens (tertiary/aromatic N) is 4. The van der Waals surface area contributed by atoms with Crippen LogP contribution < -0.4 is 9.80 Å². The van der Waals surface area contributed by atoms with Gasteiger partial charge in [0.1, 0.15) is 5.82 Å². The van der Waals surface area contributed by atoms with Gasteiger partial charge in [0.15, 0.2) is 0 Å². The van der Waals surface area contributed by atoms with Gasteiger partial charge in [-0.3, -0.25) is 0 Å². The molecule has 1 aromatic heterocycles. The van der Waals surface area contributed by atoms with Gasteiger partial charge < -0.3 is 9.80 Å². The molecule has 4 heteroatoms. The molecule has 0 bridgehead atoms. The van der Waals surface area contributed by atoms with E-state index in [1.807, 2.05) is 6.92 Å². The van der Waals surface area contributed by atoms with Crippen LogP contribution in [0, 0.1) is 6.92 Å². The van der Waals surface area contributed by atoms with E-state index in [0.717, 1.165) is 43.5 Å². The van der Waals surface area contributed by atoms with Gasteiger partial charge in [-0.1, -0.05) is 43.7 Å². The van der Waals surface area contributed by atoms with Gasteiger partial charge in [-0.25, -0.2) is 4.98 Å².